The van der Waals surface area contributed by atoms with Crippen LogP contribution in [0.3, 0.4) is 0 Å². The van der Waals surface area contributed by atoms with Crippen LogP contribution in [0.2, 0.25) is 5.15 Å². The largest absolute Gasteiger partial charge is 0.368 e. The Morgan fingerprint density at radius 3 is 2.50 bits per heavy atom. The predicted molar refractivity (Wildman–Crippen MR) is 73.1 cm³/mol. The van der Waals surface area contributed by atoms with Gasteiger partial charge in [-0.15, -0.1) is 5.10 Å². The minimum Gasteiger partial charge on any atom is -0.368 e. The molecule has 2 aliphatic rings. The van der Waals surface area contributed by atoms with Gasteiger partial charge in [-0.3, -0.25) is 4.90 Å². The average Bonchev–Trinajstić information content (AvgIpc) is 2.93. The fourth-order valence-corrected chi connectivity index (χ4v) is 3.27. The second-order valence-corrected chi connectivity index (χ2v) is 5.59. The number of anilines is 1. The number of piperazine rings is 1. The Bertz CT molecular complexity index is 398. The molecule has 0 aromatic carbocycles. The summed E-state index contributed by atoms with van der Waals surface area (Å²) < 4.78 is 0. The molecule has 98 valence electrons. The smallest absolute Gasteiger partial charge is 0.153 e. The van der Waals surface area contributed by atoms with Crippen molar-refractivity contribution in [2.24, 2.45) is 0 Å². The molecule has 1 aromatic heterocycles. The maximum Gasteiger partial charge on any atom is 0.153 e. The lowest BCUT2D eigenvalue weighted by Crippen LogP contribution is -2.49. The molecule has 1 aliphatic heterocycles. The lowest BCUT2D eigenvalue weighted by atomic mass is 10.2. The van der Waals surface area contributed by atoms with Crippen LogP contribution in [0, 0.1) is 0 Å². The molecule has 3 rings (SSSR count). The lowest BCUT2D eigenvalue weighted by Gasteiger charge is -2.38. The van der Waals surface area contributed by atoms with Gasteiger partial charge in [-0.25, -0.2) is 0 Å². The van der Waals surface area contributed by atoms with Gasteiger partial charge in [0.05, 0.1) is 11.9 Å². The summed E-state index contributed by atoms with van der Waals surface area (Å²) in [5, 5.41) is 8.19. The summed E-state index contributed by atoms with van der Waals surface area (Å²) in [6.07, 6.45) is 7.41. The van der Waals surface area contributed by atoms with Crippen LogP contribution in [-0.4, -0.2) is 47.3 Å². The molecule has 5 heteroatoms. The number of hydrogen-bond acceptors (Lipinski definition) is 4. The summed E-state index contributed by atoms with van der Waals surface area (Å²) >= 11 is 5.89. The molecule has 1 saturated carbocycles. The van der Waals surface area contributed by atoms with Crippen LogP contribution in [0.5, 0.6) is 0 Å². The van der Waals surface area contributed by atoms with Crippen LogP contribution in [0.1, 0.15) is 25.7 Å². The molecule has 1 aromatic rings. The molecular weight excluding hydrogens is 248 g/mol. The fourth-order valence-electron chi connectivity index (χ4n) is 3.12. The van der Waals surface area contributed by atoms with E-state index in [1.807, 2.05) is 6.07 Å². The van der Waals surface area contributed by atoms with Crippen molar-refractivity contribution in [1.82, 2.24) is 15.1 Å². The van der Waals surface area contributed by atoms with E-state index in [1.165, 1.54) is 25.7 Å². The number of hydrogen-bond donors (Lipinski definition) is 0. The van der Waals surface area contributed by atoms with Crippen molar-refractivity contribution in [3.05, 3.63) is 17.4 Å². The van der Waals surface area contributed by atoms with Gasteiger partial charge in [-0.1, -0.05) is 24.4 Å². The summed E-state index contributed by atoms with van der Waals surface area (Å²) in [6, 6.07) is 2.74. The molecule has 0 amide bonds. The van der Waals surface area contributed by atoms with Gasteiger partial charge in [-0.2, -0.15) is 5.10 Å². The van der Waals surface area contributed by atoms with Gasteiger partial charge < -0.3 is 4.90 Å². The molecule has 1 saturated heterocycles. The van der Waals surface area contributed by atoms with E-state index >= 15 is 0 Å². The minimum absolute atomic E-state index is 0.478. The van der Waals surface area contributed by atoms with E-state index < -0.39 is 0 Å². The van der Waals surface area contributed by atoms with Crippen molar-refractivity contribution < 1.29 is 0 Å². The molecule has 0 radical (unpaired) electrons. The van der Waals surface area contributed by atoms with Gasteiger partial charge in [-0.05, 0) is 12.8 Å². The third-order valence-corrected chi connectivity index (χ3v) is 4.32. The van der Waals surface area contributed by atoms with E-state index in [-0.39, 0.29) is 0 Å². The molecule has 1 aliphatic carbocycles. The first kappa shape index (κ1) is 12.2. The minimum atomic E-state index is 0.478. The standard InChI is InChI=1S/C13H19ClN4/c14-13-9-12(10-15-16-13)18-7-5-17(6-8-18)11-3-1-2-4-11/h9-11H,1-8H2. The summed E-state index contributed by atoms with van der Waals surface area (Å²) in [5.74, 6) is 0. The SMILES string of the molecule is Clc1cc(N2CCN(C3CCCC3)CC2)cnn1. The van der Waals surface area contributed by atoms with E-state index in [2.05, 4.69) is 20.0 Å². The van der Waals surface area contributed by atoms with Gasteiger partial charge >= 0.3 is 0 Å². The van der Waals surface area contributed by atoms with Crippen LogP contribution < -0.4 is 4.90 Å². The van der Waals surface area contributed by atoms with E-state index in [9.17, 15) is 0 Å². The van der Waals surface area contributed by atoms with E-state index in [0.29, 0.717) is 5.15 Å². The monoisotopic (exact) mass is 266 g/mol. The van der Waals surface area contributed by atoms with Gasteiger partial charge in [0.25, 0.3) is 0 Å². The van der Waals surface area contributed by atoms with Gasteiger partial charge in [0.2, 0.25) is 0 Å². The lowest BCUT2D eigenvalue weighted by molar-refractivity contribution is 0.187. The first-order valence-corrected chi connectivity index (χ1v) is 7.18. The van der Waals surface area contributed by atoms with Gasteiger partial charge in [0.1, 0.15) is 0 Å². The number of halogens is 1. The normalized spacial score (nSPS) is 22.6. The number of nitrogens with zero attached hydrogens (tertiary/aromatic N) is 4. The van der Waals surface area contributed by atoms with Gasteiger partial charge in [0, 0.05) is 38.3 Å². The van der Waals surface area contributed by atoms with Crippen LogP contribution in [0.25, 0.3) is 0 Å². The molecule has 0 unspecified atom stereocenters. The average molecular weight is 267 g/mol. The van der Waals surface area contributed by atoms with Crippen molar-refractivity contribution in [1.29, 1.82) is 0 Å². The quantitative estimate of drug-likeness (QED) is 0.822. The van der Waals surface area contributed by atoms with Crippen molar-refractivity contribution in [3.63, 3.8) is 0 Å². The van der Waals surface area contributed by atoms with Crippen molar-refractivity contribution in [2.75, 3.05) is 31.1 Å². The molecule has 0 spiro atoms. The van der Waals surface area contributed by atoms with Crippen molar-refractivity contribution in [3.8, 4) is 0 Å². The summed E-state index contributed by atoms with van der Waals surface area (Å²) in [7, 11) is 0. The van der Waals surface area contributed by atoms with Crippen LogP contribution in [-0.2, 0) is 0 Å². The third-order valence-electron chi connectivity index (χ3n) is 4.13. The maximum absolute atomic E-state index is 5.89. The van der Waals surface area contributed by atoms with Crippen molar-refractivity contribution in [2.45, 2.75) is 31.7 Å². The number of aromatic nitrogens is 2. The molecule has 18 heavy (non-hydrogen) atoms. The summed E-state index contributed by atoms with van der Waals surface area (Å²) in [6.45, 7) is 4.45. The van der Waals surface area contributed by atoms with Crippen molar-refractivity contribution >= 4 is 17.3 Å². The summed E-state index contributed by atoms with van der Waals surface area (Å²) in [5.41, 5.74) is 1.10. The number of rotatable bonds is 2. The van der Waals surface area contributed by atoms with Crippen LogP contribution in [0.15, 0.2) is 12.3 Å². The molecule has 0 N–H and O–H groups in total. The zero-order chi connectivity index (χ0) is 12.4. The van der Waals surface area contributed by atoms with E-state index in [1.54, 1.807) is 6.20 Å². The Morgan fingerprint density at radius 2 is 1.83 bits per heavy atom. The molecular formula is C13H19ClN4. The second-order valence-electron chi connectivity index (χ2n) is 5.20. The first-order chi connectivity index (χ1) is 8.83. The topological polar surface area (TPSA) is 32.3 Å². The van der Waals surface area contributed by atoms with Crippen LogP contribution >= 0.6 is 11.6 Å². The zero-order valence-corrected chi connectivity index (χ0v) is 11.3. The Kier molecular flexibility index (Phi) is 3.66. The summed E-state index contributed by atoms with van der Waals surface area (Å²) in [4.78, 5) is 5.01. The predicted octanol–water partition coefficient (Wildman–Crippen LogP) is 2.19. The molecule has 2 fully saturated rings. The van der Waals surface area contributed by atoms with Gasteiger partial charge in [0.15, 0.2) is 5.15 Å². The first-order valence-electron chi connectivity index (χ1n) is 6.80. The fraction of sp³-hybridized carbons (Fsp3) is 0.692. The highest BCUT2D eigenvalue weighted by atomic mass is 35.5. The van der Waals surface area contributed by atoms with Crippen LogP contribution in [0.4, 0.5) is 5.69 Å². The second kappa shape index (κ2) is 5.41. The maximum atomic E-state index is 5.89. The van der Waals surface area contributed by atoms with E-state index in [4.69, 9.17) is 11.6 Å². The Labute approximate surface area is 113 Å². The highest BCUT2D eigenvalue weighted by molar-refractivity contribution is 6.29. The Morgan fingerprint density at radius 1 is 1.11 bits per heavy atom. The molecule has 0 atom stereocenters. The highest BCUT2D eigenvalue weighted by Gasteiger charge is 2.26. The molecule has 0 bridgehead atoms. The Balaban J connectivity index is 1.59. The zero-order valence-electron chi connectivity index (χ0n) is 10.6. The molecule has 4 nitrogen and oxygen atoms in total. The highest BCUT2D eigenvalue weighted by Crippen LogP contribution is 2.25. The molecule has 2 heterocycles. The Hall–Kier alpha value is -0.870. The van der Waals surface area contributed by atoms with E-state index in [0.717, 1.165) is 37.9 Å². The third kappa shape index (κ3) is 2.59.